The van der Waals surface area contributed by atoms with E-state index >= 15 is 0 Å². The average molecular weight is 367 g/mol. The Kier molecular flexibility index (Phi) is 5.68. The Labute approximate surface area is 162 Å². The Morgan fingerprint density at radius 1 is 0.926 bits per heavy atom. The Morgan fingerprint density at radius 3 is 2.00 bits per heavy atom. The lowest BCUT2D eigenvalue weighted by Crippen LogP contribution is -2.61. The minimum absolute atomic E-state index is 0.140. The summed E-state index contributed by atoms with van der Waals surface area (Å²) in [5.41, 5.74) is 1.23. The molecule has 0 amide bonds. The van der Waals surface area contributed by atoms with Crippen LogP contribution in [-0.4, -0.2) is 28.2 Å². The molecule has 2 aromatic rings. The fraction of sp³-hybridized carbons (Fsp3) is 0.435. The monoisotopic (exact) mass is 367 g/mol. The van der Waals surface area contributed by atoms with Crippen LogP contribution in [0.4, 0.5) is 0 Å². The molecule has 1 heterocycles. The SMILES string of the molecule is CC1(C)CC(OC(=O)c2ccccc2)CC(C)(C)N1OCc1ccccc1. The molecule has 0 aromatic heterocycles. The Hall–Kier alpha value is -2.17. The highest BCUT2D eigenvalue weighted by Crippen LogP contribution is 2.40. The third-order valence-corrected chi connectivity index (χ3v) is 5.04. The molecule has 27 heavy (non-hydrogen) atoms. The second-order valence-corrected chi connectivity index (χ2v) is 8.48. The van der Waals surface area contributed by atoms with Crippen molar-refractivity contribution in [1.82, 2.24) is 5.06 Å². The van der Waals surface area contributed by atoms with Gasteiger partial charge < -0.3 is 4.74 Å². The van der Waals surface area contributed by atoms with Crippen LogP contribution < -0.4 is 0 Å². The number of hydrogen-bond donors (Lipinski definition) is 0. The summed E-state index contributed by atoms with van der Waals surface area (Å²) in [6.07, 6.45) is 1.31. The first-order valence-electron chi connectivity index (χ1n) is 9.51. The molecule has 0 aliphatic carbocycles. The zero-order valence-corrected chi connectivity index (χ0v) is 16.6. The van der Waals surface area contributed by atoms with Crippen molar-refractivity contribution in [2.75, 3.05) is 0 Å². The smallest absolute Gasteiger partial charge is 0.338 e. The van der Waals surface area contributed by atoms with Crippen molar-refractivity contribution in [3.8, 4) is 0 Å². The maximum atomic E-state index is 12.5. The summed E-state index contributed by atoms with van der Waals surface area (Å²) in [6.45, 7) is 9.09. The zero-order valence-electron chi connectivity index (χ0n) is 16.6. The maximum absolute atomic E-state index is 12.5. The van der Waals surface area contributed by atoms with Gasteiger partial charge in [-0.25, -0.2) is 4.79 Å². The number of hydrogen-bond acceptors (Lipinski definition) is 4. The lowest BCUT2D eigenvalue weighted by atomic mass is 9.80. The van der Waals surface area contributed by atoms with Crippen LogP contribution >= 0.6 is 0 Å². The van der Waals surface area contributed by atoms with Crippen LogP contribution in [0.1, 0.15) is 56.5 Å². The van der Waals surface area contributed by atoms with Gasteiger partial charge in [-0.3, -0.25) is 4.84 Å². The van der Waals surface area contributed by atoms with E-state index in [1.165, 1.54) is 0 Å². The van der Waals surface area contributed by atoms with E-state index in [1.807, 2.05) is 36.4 Å². The normalized spacial score (nSPS) is 19.6. The molecule has 144 valence electrons. The topological polar surface area (TPSA) is 38.8 Å². The van der Waals surface area contributed by atoms with Crippen LogP contribution in [0.3, 0.4) is 0 Å². The highest BCUT2D eigenvalue weighted by atomic mass is 16.7. The van der Waals surface area contributed by atoms with E-state index in [2.05, 4.69) is 44.9 Å². The molecule has 0 N–H and O–H groups in total. The molecule has 1 aliphatic heterocycles. The number of benzene rings is 2. The molecule has 0 bridgehead atoms. The molecule has 4 nitrogen and oxygen atoms in total. The van der Waals surface area contributed by atoms with E-state index in [0.29, 0.717) is 12.2 Å². The lowest BCUT2D eigenvalue weighted by molar-refractivity contribution is -0.298. The summed E-state index contributed by atoms with van der Waals surface area (Å²) in [6, 6.07) is 19.3. The second kappa shape index (κ2) is 7.83. The van der Waals surface area contributed by atoms with Crippen molar-refractivity contribution < 1.29 is 14.4 Å². The van der Waals surface area contributed by atoms with Gasteiger partial charge in [0.05, 0.1) is 12.2 Å². The Morgan fingerprint density at radius 2 is 1.44 bits per heavy atom. The van der Waals surface area contributed by atoms with E-state index in [0.717, 1.165) is 18.4 Å². The molecule has 4 heteroatoms. The lowest BCUT2D eigenvalue weighted by Gasteiger charge is -2.53. The maximum Gasteiger partial charge on any atom is 0.338 e. The van der Waals surface area contributed by atoms with Crippen molar-refractivity contribution in [2.24, 2.45) is 0 Å². The van der Waals surface area contributed by atoms with Crippen LogP contribution in [-0.2, 0) is 16.2 Å². The van der Waals surface area contributed by atoms with Gasteiger partial charge in [0, 0.05) is 23.9 Å². The van der Waals surface area contributed by atoms with E-state index in [1.54, 1.807) is 12.1 Å². The van der Waals surface area contributed by atoms with Gasteiger partial charge in [-0.2, -0.15) is 5.06 Å². The van der Waals surface area contributed by atoms with Crippen molar-refractivity contribution in [2.45, 2.75) is 64.3 Å². The molecule has 0 saturated carbocycles. The first kappa shape index (κ1) is 19.6. The average Bonchev–Trinajstić information content (AvgIpc) is 2.61. The zero-order chi connectivity index (χ0) is 19.5. The number of hydroxylamine groups is 2. The molecule has 0 atom stereocenters. The van der Waals surface area contributed by atoms with Crippen molar-refractivity contribution >= 4 is 5.97 Å². The van der Waals surface area contributed by atoms with Crippen molar-refractivity contribution in [3.05, 3.63) is 71.8 Å². The summed E-state index contributed by atoms with van der Waals surface area (Å²) >= 11 is 0. The van der Waals surface area contributed by atoms with Crippen molar-refractivity contribution in [3.63, 3.8) is 0 Å². The molecule has 1 fully saturated rings. The van der Waals surface area contributed by atoms with Gasteiger partial charge in [0.2, 0.25) is 0 Å². The summed E-state index contributed by atoms with van der Waals surface area (Å²) < 4.78 is 5.84. The molecule has 1 aliphatic rings. The predicted octanol–water partition coefficient (Wildman–Crippen LogP) is 5.00. The largest absolute Gasteiger partial charge is 0.459 e. The van der Waals surface area contributed by atoms with Gasteiger partial charge in [-0.05, 0) is 45.4 Å². The first-order chi connectivity index (χ1) is 12.8. The van der Waals surface area contributed by atoms with E-state index in [4.69, 9.17) is 9.57 Å². The quantitative estimate of drug-likeness (QED) is 0.697. The highest BCUT2D eigenvalue weighted by Gasteiger charge is 2.47. The summed E-state index contributed by atoms with van der Waals surface area (Å²) in [7, 11) is 0. The van der Waals surface area contributed by atoms with Crippen LogP contribution in [0.5, 0.6) is 0 Å². The Bertz CT molecular complexity index is 738. The number of carbonyl (C=O) groups is 1. The van der Waals surface area contributed by atoms with Crippen LogP contribution in [0, 0.1) is 0 Å². The number of carbonyl (C=O) groups excluding carboxylic acids is 1. The standard InChI is InChI=1S/C23H29NO3/c1-22(2)15-20(27-21(25)19-13-9-6-10-14-19)16-23(3,4)24(22)26-17-18-11-7-5-8-12-18/h5-14,20H,15-17H2,1-4H3. The minimum atomic E-state index is -0.258. The number of piperidine rings is 1. The molecule has 1 saturated heterocycles. The molecule has 0 unspecified atom stereocenters. The Balaban J connectivity index is 1.67. The van der Waals surface area contributed by atoms with Gasteiger partial charge >= 0.3 is 5.97 Å². The highest BCUT2D eigenvalue weighted by molar-refractivity contribution is 5.89. The molecule has 2 aromatic carbocycles. The molecular formula is C23H29NO3. The number of esters is 1. The van der Waals surface area contributed by atoms with Gasteiger partial charge in [0.1, 0.15) is 6.10 Å². The third-order valence-electron chi connectivity index (χ3n) is 5.04. The summed E-state index contributed by atoms with van der Waals surface area (Å²) in [4.78, 5) is 18.7. The fourth-order valence-corrected chi connectivity index (χ4v) is 4.11. The van der Waals surface area contributed by atoms with Crippen molar-refractivity contribution in [1.29, 1.82) is 0 Å². The summed E-state index contributed by atoms with van der Waals surface area (Å²) in [5, 5.41) is 2.08. The first-order valence-corrected chi connectivity index (χ1v) is 9.51. The molecular weight excluding hydrogens is 338 g/mol. The number of nitrogens with zero attached hydrogens (tertiary/aromatic N) is 1. The van der Waals surface area contributed by atoms with Gasteiger partial charge in [0.25, 0.3) is 0 Å². The number of ether oxygens (including phenoxy) is 1. The third kappa shape index (κ3) is 4.76. The molecule has 0 spiro atoms. The molecule has 0 radical (unpaired) electrons. The van der Waals surface area contributed by atoms with Crippen LogP contribution in [0.2, 0.25) is 0 Å². The van der Waals surface area contributed by atoms with E-state index in [9.17, 15) is 4.79 Å². The van der Waals surface area contributed by atoms with Gasteiger partial charge in [-0.1, -0.05) is 48.5 Å². The van der Waals surface area contributed by atoms with E-state index < -0.39 is 0 Å². The second-order valence-electron chi connectivity index (χ2n) is 8.48. The molecule has 3 rings (SSSR count). The fourth-order valence-electron chi connectivity index (χ4n) is 4.11. The summed E-state index contributed by atoms with van der Waals surface area (Å²) in [5.74, 6) is -0.258. The number of rotatable bonds is 5. The predicted molar refractivity (Wildman–Crippen MR) is 106 cm³/mol. The van der Waals surface area contributed by atoms with Gasteiger partial charge in [-0.15, -0.1) is 0 Å². The van der Waals surface area contributed by atoms with Gasteiger partial charge in [0.15, 0.2) is 0 Å². The van der Waals surface area contributed by atoms with E-state index in [-0.39, 0.29) is 23.2 Å². The van der Waals surface area contributed by atoms with Crippen LogP contribution in [0.15, 0.2) is 60.7 Å². The van der Waals surface area contributed by atoms with Crippen LogP contribution in [0.25, 0.3) is 0 Å². The minimum Gasteiger partial charge on any atom is -0.459 e.